The van der Waals surface area contributed by atoms with E-state index in [0.29, 0.717) is 10.7 Å². The van der Waals surface area contributed by atoms with Gasteiger partial charge in [0.25, 0.3) is 17.5 Å². The number of nitrogens with one attached hydrogen (secondary N) is 2. The Bertz CT molecular complexity index is 1340. The zero-order valence-corrected chi connectivity index (χ0v) is 19.6. The molecular formula is C22H16ClN5O6S. The molecule has 0 aliphatic carbocycles. The van der Waals surface area contributed by atoms with Crippen molar-refractivity contribution in [2.24, 2.45) is 0 Å². The number of hydrogen-bond acceptors (Lipinski definition) is 9. The predicted molar refractivity (Wildman–Crippen MR) is 130 cm³/mol. The van der Waals surface area contributed by atoms with Gasteiger partial charge in [-0.3, -0.25) is 25.0 Å². The fraction of sp³-hybridized carbons (Fsp3) is 0.0909. The molecule has 0 saturated carbocycles. The predicted octanol–water partition coefficient (Wildman–Crippen LogP) is 4.28. The Hall–Kier alpha value is -4.47. The van der Waals surface area contributed by atoms with E-state index in [2.05, 4.69) is 15.6 Å². The fourth-order valence-corrected chi connectivity index (χ4v) is 3.47. The second kappa shape index (κ2) is 11.6. The number of non-ortho nitro benzene ring substituents is 1. The number of nitrogens with zero attached hydrogens (tertiary/aromatic N) is 3. The van der Waals surface area contributed by atoms with E-state index in [-0.39, 0.29) is 40.1 Å². The van der Waals surface area contributed by atoms with E-state index < -0.39 is 16.7 Å². The van der Waals surface area contributed by atoms with Crippen molar-refractivity contribution in [1.29, 1.82) is 5.26 Å². The summed E-state index contributed by atoms with van der Waals surface area (Å²) < 4.78 is 10.8. The third-order valence-corrected chi connectivity index (χ3v) is 5.31. The molecule has 13 heteroatoms. The number of hydrogen-bond donors (Lipinski definition) is 2. The van der Waals surface area contributed by atoms with Crippen molar-refractivity contribution in [1.82, 2.24) is 4.98 Å². The van der Waals surface area contributed by atoms with Crippen LogP contribution < -0.4 is 20.1 Å². The maximum Gasteiger partial charge on any atom is 0.271 e. The van der Waals surface area contributed by atoms with E-state index in [0.717, 1.165) is 6.07 Å². The number of benzene rings is 2. The number of thiazole rings is 1. The number of anilines is 2. The van der Waals surface area contributed by atoms with E-state index in [1.165, 1.54) is 48.8 Å². The van der Waals surface area contributed by atoms with Crippen molar-refractivity contribution in [2.75, 3.05) is 24.4 Å². The molecule has 3 rings (SSSR count). The molecule has 0 atom stereocenters. The summed E-state index contributed by atoms with van der Waals surface area (Å²) in [5, 5.41) is 27.4. The van der Waals surface area contributed by atoms with Gasteiger partial charge in [0, 0.05) is 23.7 Å². The average Bonchev–Trinajstić information content (AvgIpc) is 3.35. The van der Waals surface area contributed by atoms with Crippen LogP contribution in [0.5, 0.6) is 11.5 Å². The van der Waals surface area contributed by atoms with Crippen LogP contribution in [0.2, 0.25) is 5.02 Å². The zero-order valence-electron chi connectivity index (χ0n) is 18.0. The number of nitro groups is 1. The number of ether oxygens (including phenoxy) is 2. The Morgan fingerprint density at radius 2 is 2.06 bits per heavy atom. The summed E-state index contributed by atoms with van der Waals surface area (Å²) in [6.45, 7) is -0.285. The van der Waals surface area contributed by atoms with Crippen LogP contribution in [-0.4, -0.2) is 35.4 Å². The monoisotopic (exact) mass is 513 g/mol. The highest BCUT2D eigenvalue weighted by atomic mass is 35.5. The zero-order chi connectivity index (χ0) is 25.4. The van der Waals surface area contributed by atoms with Crippen LogP contribution in [0, 0.1) is 21.4 Å². The summed E-state index contributed by atoms with van der Waals surface area (Å²) in [7, 11) is 1.40. The summed E-state index contributed by atoms with van der Waals surface area (Å²) in [4.78, 5) is 38.7. The minimum Gasteiger partial charge on any atom is -0.493 e. The van der Waals surface area contributed by atoms with Gasteiger partial charge in [-0.05, 0) is 29.8 Å². The highest BCUT2D eigenvalue weighted by Crippen LogP contribution is 2.30. The highest BCUT2D eigenvalue weighted by Gasteiger charge is 2.15. The lowest BCUT2D eigenvalue weighted by molar-refractivity contribution is -0.384. The lowest BCUT2D eigenvalue weighted by Gasteiger charge is -2.11. The largest absolute Gasteiger partial charge is 0.493 e. The van der Waals surface area contributed by atoms with Crippen LogP contribution in [-0.2, 0) is 9.59 Å². The molecule has 0 saturated heterocycles. The molecule has 0 bridgehead atoms. The van der Waals surface area contributed by atoms with Crippen LogP contribution in [0.15, 0.2) is 53.5 Å². The minimum atomic E-state index is -0.763. The van der Waals surface area contributed by atoms with Crippen molar-refractivity contribution in [3.05, 3.63) is 74.2 Å². The SMILES string of the molecule is COc1cc(/C=C(\C#N)C(=O)Nc2ccc([N+](=O)[O-])cc2Cl)ccc1OCC(=O)Nc1nccs1. The molecule has 2 N–H and O–H groups in total. The number of rotatable bonds is 9. The summed E-state index contributed by atoms with van der Waals surface area (Å²) in [5.74, 6) is -0.614. The molecule has 2 amide bonds. The summed E-state index contributed by atoms with van der Waals surface area (Å²) in [5.41, 5.74) is 0.0702. The maximum atomic E-state index is 12.5. The Morgan fingerprint density at radius 3 is 2.69 bits per heavy atom. The van der Waals surface area contributed by atoms with Crippen molar-refractivity contribution in [2.45, 2.75) is 0 Å². The number of nitriles is 1. The Labute approximate surface area is 207 Å². The van der Waals surface area contributed by atoms with Gasteiger partial charge >= 0.3 is 0 Å². The van der Waals surface area contributed by atoms with Gasteiger partial charge in [0.2, 0.25) is 0 Å². The van der Waals surface area contributed by atoms with Gasteiger partial charge in [0.1, 0.15) is 11.6 Å². The van der Waals surface area contributed by atoms with E-state index in [1.54, 1.807) is 23.7 Å². The first-order valence-electron chi connectivity index (χ1n) is 9.68. The first-order valence-corrected chi connectivity index (χ1v) is 10.9. The van der Waals surface area contributed by atoms with E-state index in [4.69, 9.17) is 21.1 Å². The molecule has 0 aliphatic rings. The molecule has 0 fully saturated rings. The molecule has 0 spiro atoms. The number of carbonyl (C=O) groups is 2. The van der Waals surface area contributed by atoms with Crippen LogP contribution >= 0.6 is 22.9 Å². The van der Waals surface area contributed by atoms with Gasteiger partial charge in [-0.15, -0.1) is 11.3 Å². The summed E-state index contributed by atoms with van der Waals surface area (Å²) in [6, 6.07) is 9.97. The Kier molecular flexibility index (Phi) is 8.33. The molecular weight excluding hydrogens is 498 g/mol. The molecule has 0 unspecified atom stereocenters. The third kappa shape index (κ3) is 6.76. The normalized spacial score (nSPS) is 10.7. The van der Waals surface area contributed by atoms with Crippen LogP contribution in [0.25, 0.3) is 6.08 Å². The quantitative estimate of drug-likeness (QED) is 0.186. The standard InChI is InChI=1S/C22H16ClN5O6S/c1-33-19-9-13(2-5-18(19)34-12-20(29)27-22-25-6-7-35-22)8-14(11-24)21(30)26-17-4-3-15(28(31)32)10-16(17)23/h2-10H,12H2,1H3,(H,26,30)(H,25,27,29)/b14-8+. The molecule has 3 aromatic rings. The molecule has 35 heavy (non-hydrogen) atoms. The van der Waals surface area contributed by atoms with Crippen LogP contribution in [0.4, 0.5) is 16.5 Å². The first kappa shape index (κ1) is 25.2. The number of carbonyl (C=O) groups excluding carboxylic acids is 2. The maximum absolute atomic E-state index is 12.5. The smallest absolute Gasteiger partial charge is 0.271 e. The third-order valence-electron chi connectivity index (χ3n) is 4.31. The molecule has 0 aliphatic heterocycles. The van der Waals surface area contributed by atoms with E-state index in [9.17, 15) is 25.0 Å². The topological polar surface area (TPSA) is 156 Å². The number of amides is 2. The van der Waals surface area contributed by atoms with Gasteiger partial charge in [0.15, 0.2) is 23.2 Å². The van der Waals surface area contributed by atoms with E-state index >= 15 is 0 Å². The molecule has 1 heterocycles. The van der Waals surface area contributed by atoms with Crippen molar-refractivity contribution in [3.8, 4) is 17.6 Å². The lowest BCUT2D eigenvalue weighted by Crippen LogP contribution is -2.20. The van der Waals surface area contributed by atoms with Gasteiger partial charge in [-0.1, -0.05) is 17.7 Å². The molecule has 1 aromatic heterocycles. The van der Waals surface area contributed by atoms with Crippen molar-refractivity contribution in [3.63, 3.8) is 0 Å². The number of halogens is 1. The molecule has 0 radical (unpaired) electrons. The number of aromatic nitrogens is 1. The van der Waals surface area contributed by atoms with Crippen molar-refractivity contribution >= 4 is 57.3 Å². The van der Waals surface area contributed by atoms with Crippen LogP contribution in [0.1, 0.15) is 5.56 Å². The number of methoxy groups -OCH3 is 1. The Balaban J connectivity index is 1.70. The minimum absolute atomic E-state index is 0.0492. The van der Waals surface area contributed by atoms with Gasteiger partial charge in [-0.25, -0.2) is 4.98 Å². The average molecular weight is 514 g/mol. The van der Waals surface area contributed by atoms with Crippen LogP contribution in [0.3, 0.4) is 0 Å². The number of nitro benzene ring substituents is 1. The van der Waals surface area contributed by atoms with Crippen molar-refractivity contribution < 1.29 is 24.0 Å². The fourth-order valence-electron chi connectivity index (χ4n) is 2.70. The summed E-state index contributed by atoms with van der Waals surface area (Å²) in [6.07, 6.45) is 2.88. The van der Waals surface area contributed by atoms with E-state index in [1.807, 2.05) is 0 Å². The lowest BCUT2D eigenvalue weighted by atomic mass is 10.1. The van der Waals surface area contributed by atoms with Gasteiger partial charge in [-0.2, -0.15) is 5.26 Å². The molecule has 178 valence electrons. The molecule has 2 aromatic carbocycles. The van der Waals surface area contributed by atoms with Gasteiger partial charge < -0.3 is 14.8 Å². The highest BCUT2D eigenvalue weighted by molar-refractivity contribution is 7.13. The Morgan fingerprint density at radius 1 is 1.26 bits per heavy atom. The second-order valence-electron chi connectivity index (χ2n) is 6.63. The van der Waals surface area contributed by atoms with Gasteiger partial charge in [0.05, 0.1) is 22.7 Å². The second-order valence-corrected chi connectivity index (χ2v) is 7.93. The first-order chi connectivity index (χ1) is 16.8. The summed E-state index contributed by atoms with van der Waals surface area (Å²) >= 11 is 7.26. The molecule has 11 nitrogen and oxygen atoms in total.